The Balaban J connectivity index is 2.18. The van der Waals surface area contributed by atoms with Gasteiger partial charge in [-0.05, 0) is 51.0 Å². The Kier molecular flexibility index (Phi) is 4.58. The van der Waals surface area contributed by atoms with Gasteiger partial charge in [0.15, 0.2) is 0 Å². The Hall–Kier alpha value is -2.36. The molecule has 0 fully saturated rings. The van der Waals surface area contributed by atoms with Crippen LogP contribution in [0.1, 0.15) is 34.1 Å². The van der Waals surface area contributed by atoms with E-state index in [9.17, 15) is 4.79 Å². The average Bonchev–Trinajstić information content (AvgIpc) is 2.43. The van der Waals surface area contributed by atoms with Crippen molar-refractivity contribution in [1.82, 2.24) is 4.98 Å². The number of pyridine rings is 1. The lowest BCUT2D eigenvalue weighted by Crippen LogP contribution is -2.15. The van der Waals surface area contributed by atoms with Crippen LogP contribution in [0.2, 0.25) is 0 Å². The van der Waals surface area contributed by atoms with Gasteiger partial charge in [-0.15, -0.1) is 0 Å². The largest absolute Gasteiger partial charge is 0.384 e. The number of aromatic nitrogens is 1. The second-order valence-electron chi connectivity index (χ2n) is 5.19. The van der Waals surface area contributed by atoms with E-state index in [2.05, 4.69) is 27.8 Å². The van der Waals surface area contributed by atoms with E-state index in [1.165, 1.54) is 5.56 Å². The molecule has 4 heteroatoms. The Bertz CT molecular complexity index is 625. The van der Waals surface area contributed by atoms with Gasteiger partial charge in [-0.2, -0.15) is 0 Å². The van der Waals surface area contributed by atoms with Crippen molar-refractivity contribution >= 4 is 17.3 Å². The predicted octanol–water partition coefficient (Wildman–Crippen LogP) is 3.69. The van der Waals surface area contributed by atoms with Gasteiger partial charge in [0.1, 0.15) is 5.69 Å². The van der Waals surface area contributed by atoms with Crippen LogP contribution in [0.4, 0.5) is 11.4 Å². The van der Waals surface area contributed by atoms with Crippen LogP contribution in [-0.2, 0) is 0 Å². The van der Waals surface area contributed by atoms with Gasteiger partial charge in [-0.1, -0.05) is 17.7 Å². The maximum absolute atomic E-state index is 12.3. The van der Waals surface area contributed by atoms with Gasteiger partial charge in [-0.25, -0.2) is 4.98 Å². The van der Waals surface area contributed by atoms with Gasteiger partial charge >= 0.3 is 0 Å². The number of carbonyl (C=O) groups is 1. The van der Waals surface area contributed by atoms with Gasteiger partial charge in [0.25, 0.3) is 5.91 Å². The van der Waals surface area contributed by atoms with Crippen LogP contribution >= 0.6 is 0 Å². The summed E-state index contributed by atoms with van der Waals surface area (Å²) in [7, 11) is 0. The summed E-state index contributed by atoms with van der Waals surface area (Å²) in [6, 6.07) is 7.71. The summed E-state index contributed by atoms with van der Waals surface area (Å²) in [6.07, 6.45) is 1.67. The quantitative estimate of drug-likeness (QED) is 0.899. The van der Waals surface area contributed by atoms with Crippen molar-refractivity contribution in [1.29, 1.82) is 0 Å². The van der Waals surface area contributed by atoms with Gasteiger partial charge in [0, 0.05) is 12.2 Å². The highest BCUT2D eigenvalue weighted by molar-refractivity contribution is 6.03. The molecule has 2 aromatic rings. The fraction of sp³-hybridized carbons (Fsp3) is 0.294. The summed E-state index contributed by atoms with van der Waals surface area (Å²) in [5, 5.41) is 6.11. The third kappa shape index (κ3) is 3.60. The summed E-state index contributed by atoms with van der Waals surface area (Å²) < 4.78 is 0. The first-order valence-corrected chi connectivity index (χ1v) is 7.10. The molecule has 1 amide bonds. The number of hydrogen-bond acceptors (Lipinski definition) is 3. The van der Waals surface area contributed by atoms with Crippen molar-refractivity contribution in [3.8, 4) is 0 Å². The number of aryl methyl sites for hydroxylation is 3. The lowest BCUT2D eigenvalue weighted by Gasteiger charge is -2.12. The first kappa shape index (κ1) is 15.0. The smallest absolute Gasteiger partial charge is 0.274 e. The number of rotatable bonds is 4. The summed E-state index contributed by atoms with van der Waals surface area (Å²) in [5.41, 5.74) is 5.50. The topological polar surface area (TPSA) is 54.0 Å². The van der Waals surface area contributed by atoms with Crippen molar-refractivity contribution in [3.05, 3.63) is 52.8 Å². The molecule has 0 spiro atoms. The third-order valence-electron chi connectivity index (χ3n) is 3.29. The number of nitrogens with zero attached hydrogens (tertiary/aromatic N) is 1. The van der Waals surface area contributed by atoms with E-state index in [0.717, 1.165) is 29.0 Å². The minimum absolute atomic E-state index is 0.187. The van der Waals surface area contributed by atoms with Gasteiger partial charge < -0.3 is 10.6 Å². The van der Waals surface area contributed by atoms with Crippen LogP contribution in [0.25, 0.3) is 0 Å². The number of carbonyl (C=O) groups excluding carboxylic acids is 1. The number of nitrogens with one attached hydrogen (secondary N) is 2. The van der Waals surface area contributed by atoms with Crippen molar-refractivity contribution in [2.24, 2.45) is 0 Å². The van der Waals surface area contributed by atoms with Crippen LogP contribution in [0.3, 0.4) is 0 Å². The maximum atomic E-state index is 12.3. The monoisotopic (exact) mass is 283 g/mol. The first-order chi connectivity index (χ1) is 10.0. The standard InChI is InChI=1S/C17H21N3O/c1-5-18-14-6-7-15(19-10-14)17(21)20-16-12(3)8-11(2)9-13(16)4/h6-10,18H,5H2,1-4H3,(H,20,21). The van der Waals surface area contributed by atoms with E-state index in [1.54, 1.807) is 12.3 Å². The highest BCUT2D eigenvalue weighted by Crippen LogP contribution is 2.22. The zero-order valence-electron chi connectivity index (χ0n) is 12.9. The van der Waals surface area contributed by atoms with E-state index in [4.69, 9.17) is 0 Å². The molecule has 4 nitrogen and oxygen atoms in total. The number of amides is 1. The molecule has 0 unspecified atom stereocenters. The Labute approximate surface area is 125 Å². The normalized spacial score (nSPS) is 10.3. The molecule has 0 aliphatic heterocycles. The number of benzene rings is 1. The second-order valence-corrected chi connectivity index (χ2v) is 5.19. The summed E-state index contributed by atoms with van der Waals surface area (Å²) in [6.45, 7) is 8.89. The lowest BCUT2D eigenvalue weighted by atomic mass is 10.0. The zero-order valence-corrected chi connectivity index (χ0v) is 12.9. The molecule has 21 heavy (non-hydrogen) atoms. The zero-order chi connectivity index (χ0) is 15.4. The lowest BCUT2D eigenvalue weighted by molar-refractivity contribution is 0.102. The molecule has 0 aliphatic carbocycles. The van der Waals surface area contributed by atoms with Crippen LogP contribution in [0.5, 0.6) is 0 Å². The molecule has 2 rings (SSSR count). The van der Waals surface area contributed by atoms with E-state index >= 15 is 0 Å². The Morgan fingerprint density at radius 1 is 1.14 bits per heavy atom. The number of anilines is 2. The van der Waals surface area contributed by atoms with Crippen molar-refractivity contribution in [3.63, 3.8) is 0 Å². The third-order valence-corrected chi connectivity index (χ3v) is 3.29. The molecule has 0 saturated carbocycles. The van der Waals surface area contributed by atoms with E-state index < -0.39 is 0 Å². The second kappa shape index (κ2) is 6.39. The summed E-state index contributed by atoms with van der Waals surface area (Å²) in [5.74, 6) is -0.187. The van der Waals surface area contributed by atoms with Crippen LogP contribution in [0.15, 0.2) is 30.5 Å². The SMILES string of the molecule is CCNc1ccc(C(=O)Nc2c(C)cc(C)cc2C)nc1. The molecule has 1 heterocycles. The highest BCUT2D eigenvalue weighted by Gasteiger charge is 2.11. The number of hydrogen-bond donors (Lipinski definition) is 2. The maximum Gasteiger partial charge on any atom is 0.274 e. The molecule has 2 N–H and O–H groups in total. The Morgan fingerprint density at radius 2 is 1.81 bits per heavy atom. The van der Waals surface area contributed by atoms with Crippen LogP contribution in [0, 0.1) is 20.8 Å². The minimum Gasteiger partial charge on any atom is -0.384 e. The molecular weight excluding hydrogens is 262 g/mol. The average molecular weight is 283 g/mol. The minimum atomic E-state index is -0.187. The fourth-order valence-corrected chi connectivity index (χ4v) is 2.39. The van der Waals surface area contributed by atoms with E-state index in [-0.39, 0.29) is 5.91 Å². The molecular formula is C17H21N3O. The predicted molar refractivity (Wildman–Crippen MR) is 87.0 cm³/mol. The fourth-order valence-electron chi connectivity index (χ4n) is 2.39. The molecule has 0 radical (unpaired) electrons. The highest BCUT2D eigenvalue weighted by atomic mass is 16.1. The van der Waals surface area contributed by atoms with Gasteiger partial charge in [0.2, 0.25) is 0 Å². The van der Waals surface area contributed by atoms with Gasteiger partial charge in [0.05, 0.1) is 11.9 Å². The van der Waals surface area contributed by atoms with Crippen molar-refractivity contribution < 1.29 is 4.79 Å². The van der Waals surface area contributed by atoms with Crippen LogP contribution in [-0.4, -0.2) is 17.4 Å². The molecule has 0 saturated heterocycles. The van der Waals surface area contributed by atoms with Crippen molar-refractivity contribution in [2.45, 2.75) is 27.7 Å². The van der Waals surface area contributed by atoms with E-state index in [1.807, 2.05) is 33.8 Å². The molecule has 0 atom stereocenters. The summed E-state index contributed by atoms with van der Waals surface area (Å²) >= 11 is 0. The molecule has 1 aromatic heterocycles. The molecule has 110 valence electrons. The molecule has 0 bridgehead atoms. The van der Waals surface area contributed by atoms with Crippen LogP contribution < -0.4 is 10.6 Å². The molecule has 0 aliphatic rings. The first-order valence-electron chi connectivity index (χ1n) is 7.10. The van der Waals surface area contributed by atoms with Gasteiger partial charge in [-0.3, -0.25) is 4.79 Å². The molecule has 1 aromatic carbocycles. The van der Waals surface area contributed by atoms with Crippen molar-refractivity contribution in [2.75, 3.05) is 17.2 Å². The summed E-state index contributed by atoms with van der Waals surface area (Å²) in [4.78, 5) is 16.5. The van der Waals surface area contributed by atoms with E-state index in [0.29, 0.717) is 5.69 Å². The Morgan fingerprint density at radius 3 is 2.33 bits per heavy atom.